The van der Waals surface area contributed by atoms with Gasteiger partial charge in [-0.1, -0.05) is 29.8 Å². The Bertz CT molecular complexity index is 624. The molecule has 0 aliphatic carbocycles. The molecular formula is C18H20N2O2. The maximum absolute atomic E-state index is 12.4. The van der Waals surface area contributed by atoms with E-state index in [1.807, 2.05) is 13.0 Å². The first-order valence-corrected chi connectivity index (χ1v) is 7.41. The zero-order valence-electron chi connectivity index (χ0n) is 12.8. The van der Waals surface area contributed by atoms with E-state index in [9.17, 15) is 4.79 Å². The van der Waals surface area contributed by atoms with Crippen LogP contribution in [-0.4, -0.2) is 17.4 Å². The van der Waals surface area contributed by atoms with Crippen molar-refractivity contribution in [3.05, 3.63) is 59.5 Å². The largest absolute Gasteiger partial charge is 0.467 e. The van der Waals surface area contributed by atoms with Gasteiger partial charge in [-0.15, -0.1) is 0 Å². The first-order chi connectivity index (χ1) is 10.7. The highest BCUT2D eigenvalue weighted by atomic mass is 16.3. The van der Waals surface area contributed by atoms with Gasteiger partial charge in [0.25, 0.3) is 0 Å². The molecule has 1 amide bonds. The van der Waals surface area contributed by atoms with Crippen molar-refractivity contribution in [2.45, 2.75) is 32.7 Å². The zero-order valence-corrected chi connectivity index (χ0v) is 12.8. The SMILES string of the molecule is Cc1ccc(CCC(=O)N(CCC#N)Cc2ccco2)cc1. The number of amides is 1. The molecular weight excluding hydrogens is 276 g/mol. The number of hydrogen-bond acceptors (Lipinski definition) is 3. The molecule has 0 spiro atoms. The van der Waals surface area contributed by atoms with Crippen molar-refractivity contribution >= 4 is 5.91 Å². The Hall–Kier alpha value is -2.54. The van der Waals surface area contributed by atoms with Gasteiger partial charge in [0.15, 0.2) is 0 Å². The third-order valence-corrected chi connectivity index (χ3v) is 3.52. The molecule has 1 aromatic heterocycles. The molecule has 114 valence electrons. The number of rotatable bonds is 7. The van der Waals surface area contributed by atoms with Gasteiger partial charge < -0.3 is 9.32 Å². The topological polar surface area (TPSA) is 57.2 Å². The molecule has 0 unspecified atom stereocenters. The minimum atomic E-state index is 0.0484. The van der Waals surface area contributed by atoms with E-state index < -0.39 is 0 Å². The predicted octanol–water partition coefficient (Wildman–Crippen LogP) is 3.46. The molecule has 1 aromatic carbocycles. The predicted molar refractivity (Wildman–Crippen MR) is 83.9 cm³/mol. The first-order valence-electron chi connectivity index (χ1n) is 7.41. The number of hydrogen-bond donors (Lipinski definition) is 0. The molecule has 0 N–H and O–H groups in total. The van der Waals surface area contributed by atoms with Crippen molar-refractivity contribution in [3.63, 3.8) is 0 Å². The number of carbonyl (C=O) groups excluding carboxylic acids is 1. The summed E-state index contributed by atoms with van der Waals surface area (Å²) in [6, 6.07) is 13.9. The van der Waals surface area contributed by atoms with Crippen LogP contribution < -0.4 is 0 Å². The summed E-state index contributed by atoms with van der Waals surface area (Å²) in [6.45, 7) is 2.90. The van der Waals surface area contributed by atoms with E-state index in [2.05, 4.69) is 30.3 Å². The fraction of sp³-hybridized carbons (Fsp3) is 0.333. The minimum Gasteiger partial charge on any atom is -0.467 e. The lowest BCUT2D eigenvalue weighted by molar-refractivity contribution is -0.132. The van der Waals surface area contributed by atoms with Crippen LogP contribution in [0, 0.1) is 18.3 Å². The van der Waals surface area contributed by atoms with Gasteiger partial charge in [-0.05, 0) is 31.0 Å². The summed E-state index contributed by atoms with van der Waals surface area (Å²) in [5.74, 6) is 0.786. The Kier molecular flexibility index (Phi) is 5.79. The Balaban J connectivity index is 1.92. The van der Waals surface area contributed by atoms with E-state index in [1.54, 1.807) is 17.2 Å². The lowest BCUT2D eigenvalue weighted by Crippen LogP contribution is -2.31. The van der Waals surface area contributed by atoms with Gasteiger partial charge in [-0.3, -0.25) is 4.79 Å². The van der Waals surface area contributed by atoms with E-state index in [0.717, 1.165) is 11.3 Å². The highest BCUT2D eigenvalue weighted by Crippen LogP contribution is 2.11. The standard InChI is InChI=1S/C18H20N2O2/c1-15-5-7-16(8-6-15)9-10-18(21)20(12-3-11-19)14-17-4-2-13-22-17/h2,4-8,13H,3,9-10,12,14H2,1H3. The highest BCUT2D eigenvalue weighted by Gasteiger charge is 2.15. The van der Waals surface area contributed by atoms with Crippen LogP contribution in [0.5, 0.6) is 0 Å². The summed E-state index contributed by atoms with van der Waals surface area (Å²) in [5, 5.41) is 8.75. The number of carbonyl (C=O) groups is 1. The second-order valence-corrected chi connectivity index (χ2v) is 5.29. The van der Waals surface area contributed by atoms with Crippen molar-refractivity contribution in [1.82, 2.24) is 4.90 Å². The van der Waals surface area contributed by atoms with Crippen molar-refractivity contribution in [1.29, 1.82) is 5.26 Å². The molecule has 0 saturated heterocycles. The van der Waals surface area contributed by atoms with Crippen LogP contribution in [0.2, 0.25) is 0 Å². The van der Waals surface area contributed by atoms with Crippen LogP contribution >= 0.6 is 0 Å². The van der Waals surface area contributed by atoms with Crippen LogP contribution in [-0.2, 0) is 17.8 Å². The van der Waals surface area contributed by atoms with Crippen LogP contribution in [0.15, 0.2) is 47.1 Å². The summed E-state index contributed by atoms with van der Waals surface area (Å²) in [7, 11) is 0. The molecule has 1 heterocycles. The lowest BCUT2D eigenvalue weighted by atomic mass is 10.1. The molecule has 0 aliphatic heterocycles. The second kappa shape index (κ2) is 8.04. The first kappa shape index (κ1) is 15.8. The number of nitriles is 1. The van der Waals surface area contributed by atoms with Crippen LogP contribution in [0.3, 0.4) is 0 Å². The normalized spacial score (nSPS) is 10.2. The third kappa shape index (κ3) is 4.78. The van der Waals surface area contributed by atoms with Crippen LogP contribution in [0.1, 0.15) is 29.7 Å². The smallest absolute Gasteiger partial charge is 0.223 e. The van der Waals surface area contributed by atoms with Gasteiger partial charge in [0.05, 0.1) is 25.3 Å². The average Bonchev–Trinajstić information content (AvgIpc) is 3.03. The monoisotopic (exact) mass is 296 g/mol. The van der Waals surface area contributed by atoms with E-state index in [4.69, 9.17) is 9.68 Å². The molecule has 2 rings (SSSR count). The Morgan fingerprint density at radius 3 is 2.68 bits per heavy atom. The Labute approximate surface area is 131 Å². The lowest BCUT2D eigenvalue weighted by Gasteiger charge is -2.20. The van der Waals surface area contributed by atoms with Crippen LogP contribution in [0.25, 0.3) is 0 Å². The van der Waals surface area contributed by atoms with Gasteiger partial charge in [-0.25, -0.2) is 0 Å². The van der Waals surface area contributed by atoms with Gasteiger partial charge in [0, 0.05) is 13.0 Å². The highest BCUT2D eigenvalue weighted by molar-refractivity contribution is 5.76. The minimum absolute atomic E-state index is 0.0484. The van der Waals surface area contributed by atoms with E-state index in [-0.39, 0.29) is 5.91 Å². The van der Waals surface area contributed by atoms with Crippen molar-refractivity contribution < 1.29 is 9.21 Å². The van der Waals surface area contributed by atoms with Crippen molar-refractivity contribution in [3.8, 4) is 6.07 Å². The molecule has 4 nitrogen and oxygen atoms in total. The summed E-state index contributed by atoms with van der Waals surface area (Å²) < 4.78 is 5.29. The fourth-order valence-electron chi connectivity index (χ4n) is 2.23. The number of nitrogens with zero attached hydrogens (tertiary/aromatic N) is 2. The molecule has 0 radical (unpaired) electrons. The second-order valence-electron chi connectivity index (χ2n) is 5.29. The molecule has 0 fully saturated rings. The zero-order chi connectivity index (χ0) is 15.8. The number of benzene rings is 1. The van der Waals surface area contributed by atoms with Gasteiger partial charge in [0.2, 0.25) is 5.91 Å². The molecule has 22 heavy (non-hydrogen) atoms. The Morgan fingerprint density at radius 1 is 1.27 bits per heavy atom. The molecule has 2 aromatic rings. The maximum atomic E-state index is 12.4. The number of aryl methyl sites for hydroxylation is 2. The Morgan fingerprint density at radius 2 is 2.05 bits per heavy atom. The van der Waals surface area contributed by atoms with E-state index >= 15 is 0 Å². The average molecular weight is 296 g/mol. The molecule has 0 aliphatic rings. The molecule has 0 atom stereocenters. The summed E-state index contributed by atoms with van der Waals surface area (Å²) in [5.41, 5.74) is 2.36. The molecule has 4 heteroatoms. The fourth-order valence-corrected chi connectivity index (χ4v) is 2.23. The van der Waals surface area contributed by atoms with E-state index in [1.165, 1.54) is 5.56 Å². The molecule has 0 bridgehead atoms. The van der Waals surface area contributed by atoms with Gasteiger partial charge in [-0.2, -0.15) is 5.26 Å². The maximum Gasteiger partial charge on any atom is 0.223 e. The van der Waals surface area contributed by atoms with E-state index in [0.29, 0.717) is 32.4 Å². The quantitative estimate of drug-likeness (QED) is 0.786. The summed E-state index contributed by atoms with van der Waals surface area (Å²) in [4.78, 5) is 14.1. The van der Waals surface area contributed by atoms with Crippen molar-refractivity contribution in [2.75, 3.05) is 6.54 Å². The van der Waals surface area contributed by atoms with Gasteiger partial charge >= 0.3 is 0 Å². The molecule has 0 saturated carbocycles. The summed E-state index contributed by atoms with van der Waals surface area (Å²) >= 11 is 0. The number of furan rings is 1. The van der Waals surface area contributed by atoms with Crippen molar-refractivity contribution in [2.24, 2.45) is 0 Å². The van der Waals surface area contributed by atoms with Crippen LogP contribution in [0.4, 0.5) is 0 Å². The third-order valence-electron chi connectivity index (χ3n) is 3.52. The van der Waals surface area contributed by atoms with Gasteiger partial charge in [0.1, 0.15) is 5.76 Å². The summed E-state index contributed by atoms with van der Waals surface area (Å²) in [6.07, 6.45) is 3.07.